The average Bonchev–Trinajstić information content (AvgIpc) is 3.20. The lowest BCUT2D eigenvalue weighted by Crippen LogP contribution is -2.42. The molecular formula is C20H27N3O3. The van der Waals surface area contributed by atoms with Crippen LogP contribution < -0.4 is 4.74 Å². The number of carbonyl (C=O) groups excluding carboxylic acids is 1. The summed E-state index contributed by atoms with van der Waals surface area (Å²) < 4.78 is 11.8. The van der Waals surface area contributed by atoms with E-state index in [-0.39, 0.29) is 5.91 Å². The van der Waals surface area contributed by atoms with Gasteiger partial charge in [0.15, 0.2) is 0 Å². The summed E-state index contributed by atoms with van der Waals surface area (Å²) in [6, 6.07) is 7.93. The van der Waals surface area contributed by atoms with Gasteiger partial charge in [-0.1, -0.05) is 18.2 Å². The maximum absolute atomic E-state index is 12.7. The number of hydrogen-bond donors (Lipinski definition) is 1. The number of hydrogen-bond acceptors (Lipinski definition) is 4. The van der Waals surface area contributed by atoms with Crippen LogP contribution in [0.5, 0.6) is 5.75 Å². The Bertz CT molecular complexity index is 767. The van der Waals surface area contributed by atoms with E-state index < -0.39 is 5.60 Å². The Balaban J connectivity index is 1.63. The van der Waals surface area contributed by atoms with Gasteiger partial charge in [0, 0.05) is 24.9 Å². The minimum atomic E-state index is -0.460. The summed E-state index contributed by atoms with van der Waals surface area (Å²) in [6.45, 7) is 7.55. The number of H-pyrrole nitrogens is 1. The first kappa shape index (κ1) is 18.5. The molecule has 3 rings (SSSR count). The van der Waals surface area contributed by atoms with Crippen molar-refractivity contribution in [3.8, 4) is 5.75 Å². The number of aromatic amines is 1. The number of likely N-dealkylation sites (tertiary alicyclic amines) is 1. The maximum Gasteiger partial charge on any atom is 0.227 e. The van der Waals surface area contributed by atoms with Gasteiger partial charge in [0.05, 0.1) is 18.7 Å². The van der Waals surface area contributed by atoms with Gasteiger partial charge >= 0.3 is 0 Å². The largest absolute Gasteiger partial charge is 0.490 e. The highest BCUT2D eigenvalue weighted by Crippen LogP contribution is 2.28. The molecule has 0 aliphatic carbocycles. The molecule has 1 aliphatic rings. The van der Waals surface area contributed by atoms with Crippen LogP contribution >= 0.6 is 0 Å². The highest BCUT2D eigenvalue weighted by atomic mass is 16.5. The van der Waals surface area contributed by atoms with Crippen molar-refractivity contribution in [3.63, 3.8) is 0 Å². The Hall–Kier alpha value is -2.34. The van der Waals surface area contributed by atoms with Crippen molar-refractivity contribution in [2.75, 3.05) is 26.8 Å². The molecule has 0 unspecified atom stereocenters. The molecule has 1 fully saturated rings. The summed E-state index contributed by atoms with van der Waals surface area (Å²) in [6.07, 6.45) is 1.14. The van der Waals surface area contributed by atoms with E-state index in [1.807, 2.05) is 49.9 Å². The quantitative estimate of drug-likeness (QED) is 0.863. The Morgan fingerprint density at radius 2 is 2.08 bits per heavy atom. The Kier molecular flexibility index (Phi) is 5.32. The van der Waals surface area contributed by atoms with E-state index in [1.165, 1.54) is 0 Å². The predicted octanol–water partition coefficient (Wildman–Crippen LogP) is 2.57. The van der Waals surface area contributed by atoms with Gasteiger partial charge in [-0.3, -0.25) is 9.89 Å². The number of aryl methyl sites for hydroxylation is 3. The van der Waals surface area contributed by atoms with E-state index in [9.17, 15) is 4.79 Å². The zero-order valence-corrected chi connectivity index (χ0v) is 16.0. The van der Waals surface area contributed by atoms with E-state index in [1.54, 1.807) is 7.11 Å². The molecule has 6 nitrogen and oxygen atoms in total. The third kappa shape index (κ3) is 3.75. The van der Waals surface area contributed by atoms with E-state index >= 15 is 0 Å². The molecule has 1 aliphatic heterocycles. The number of amides is 1. The van der Waals surface area contributed by atoms with E-state index in [0.29, 0.717) is 26.1 Å². The minimum absolute atomic E-state index is 0.104. The van der Waals surface area contributed by atoms with Crippen LogP contribution in [0.25, 0.3) is 0 Å². The van der Waals surface area contributed by atoms with Gasteiger partial charge in [0.25, 0.3) is 0 Å². The molecule has 1 aromatic heterocycles. The second-order valence-electron chi connectivity index (χ2n) is 7.10. The molecule has 140 valence electrons. The van der Waals surface area contributed by atoms with Crippen molar-refractivity contribution in [2.24, 2.45) is 0 Å². The molecule has 0 saturated carbocycles. The normalized spacial score (nSPS) is 19.8. The zero-order chi connectivity index (χ0) is 18.7. The Morgan fingerprint density at radius 3 is 2.73 bits per heavy atom. The van der Waals surface area contributed by atoms with Crippen molar-refractivity contribution in [1.29, 1.82) is 0 Å². The fraction of sp³-hybridized carbons (Fsp3) is 0.500. The van der Waals surface area contributed by atoms with E-state index in [0.717, 1.165) is 34.7 Å². The summed E-state index contributed by atoms with van der Waals surface area (Å²) in [4.78, 5) is 14.6. The van der Waals surface area contributed by atoms with Crippen LogP contribution in [0.4, 0.5) is 0 Å². The number of rotatable bonds is 6. The summed E-state index contributed by atoms with van der Waals surface area (Å²) >= 11 is 0. The lowest BCUT2D eigenvalue weighted by Gasteiger charge is -2.28. The van der Waals surface area contributed by atoms with Crippen molar-refractivity contribution < 1.29 is 14.3 Å². The van der Waals surface area contributed by atoms with Gasteiger partial charge in [-0.2, -0.15) is 5.10 Å². The minimum Gasteiger partial charge on any atom is -0.490 e. The maximum atomic E-state index is 12.7. The number of nitrogens with zero attached hydrogens (tertiary/aromatic N) is 2. The van der Waals surface area contributed by atoms with Crippen LogP contribution in [0.2, 0.25) is 0 Å². The van der Waals surface area contributed by atoms with Crippen LogP contribution in [-0.2, 0) is 16.0 Å². The first-order valence-electron chi connectivity index (χ1n) is 8.96. The number of ether oxygens (including phenoxy) is 2. The summed E-state index contributed by atoms with van der Waals surface area (Å²) in [7, 11) is 1.69. The second-order valence-corrected chi connectivity index (χ2v) is 7.10. The number of methoxy groups -OCH3 is 1. The molecule has 1 N–H and O–H groups in total. The lowest BCUT2D eigenvalue weighted by atomic mass is 10.0. The summed E-state index contributed by atoms with van der Waals surface area (Å²) in [5.41, 5.74) is 3.46. The SMILES string of the molecule is CO[C@]1(COc2ccccc2C)CCN(C(=O)Cc2c(C)n[nH]c2C)C1. The van der Waals surface area contributed by atoms with Gasteiger partial charge in [0.1, 0.15) is 18.0 Å². The zero-order valence-electron chi connectivity index (χ0n) is 16.0. The highest BCUT2D eigenvalue weighted by molar-refractivity contribution is 5.79. The molecule has 1 saturated heterocycles. The third-order valence-electron chi connectivity index (χ3n) is 5.30. The molecule has 0 radical (unpaired) electrons. The van der Waals surface area contributed by atoms with Crippen molar-refractivity contribution in [1.82, 2.24) is 15.1 Å². The first-order valence-corrected chi connectivity index (χ1v) is 8.96. The molecule has 6 heteroatoms. The average molecular weight is 357 g/mol. The van der Waals surface area contributed by atoms with Crippen molar-refractivity contribution >= 4 is 5.91 Å². The fourth-order valence-electron chi connectivity index (χ4n) is 3.43. The van der Waals surface area contributed by atoms with Crippen LogP contribution in [0.1, 0.15) is 28.9 Å². The second kappa shape index (κ2) is 7.50. The van der Waals surface area contributed by atoms with Crippen LogP contribution in [-0.4, -0.2) is 53.4 Å². The van der Waals surface area contributed by atoms with Crippen molar-refractivity contribution in [2.45, 2.75) is 39.2 Å². The number of aromatic nitrogens is 2. The number of carbonyl (C=O) groups is 1. The number of nitrogens with one attached hydrogen (secondary N) is 1. The Labute approximate surface area is 154 Å². The fourth-order valence-corrected chi connectivity index (χ4v) is 3.43. The van der Waals surface area contributed by atoms with Crippen LogP contribution in [0.15, 0.2) is 24.3 Å². The monoisotopic (exact) mass is 357 g/mol. The van der Waals surface area contributed by atoms with Gasteiger partial charge < -0.3 is 14.4 Å². The molecule has 2 heterocycles. The highest BCUT2D eigenvalue weighted by Gasteiger charge is 2.41. The van der Waals surface area contributed by atoms with E-state index in [4.69, 9.17) is 9.47 Å². The lowest BCUT2D eigenvalue weighted by molar-refractivity contribution is -0.131. The predicted molar refractivity (Wildman–Crippen MR) is 99.4 cm³/mol. The first-order chi connectivity index (χ1) is 12.4. The van der Waals surface area contributed by atoms with Crippen LogP contribution in [0.3, 0.4) is 0 Å². The van der Waals surface area contributed by atoms with Crippen molar-refractivity contribution in [3.05, 3.63) is 46.8 Å². The topological polar surface area (TPSA) is 67.5 Å². The molecule has 2 aromatic rings. The molecule has 1 atom stereocenters. The smallest absolute Gasteiger partial charge is 0.227 e. The van der Waals surface area contributed by atoms with Gasteiger partial charge in [0.2, 0.25) is 5.91 Å². The standard InChI is InChI=1S/C20H27N3O3/c1-14-7-5-6-8-18(14)26-13-20(25-4)9-10-23(12-20)19(24)11-17-15(2)21-22-16(17)3/h5-8H,9-13H2,1-4H3,(H,21,22)/t20-/m1/s1. The summed E-state index contributed by atoms with van der Waals surface area (Å²) in [5, 5.41) is 7.11. The molecule has 0 spiro atoms. The molecule has 0 bridgehead atoms. The van der Waals surface area contributed by atoms with Gasteiger partial charge in [-0.05, 0) is 38.8 Å². The number of para-hydroxylation sites is 1. The summed E-state index contributed by atoms with van der Waals surface area (Å²) in [5.74, 6) is 0.964. The van der Waals surface area contributed by atoms with Gasteiger partial charge in [-0.15, -0.1) is 0 Å². The van der Waals surface area contributed by atoms with Gasteiger partial charge in [-0.25, -0.2) is 0 Å². The Morgan fingerprint density at radius 1 is 1.31 bits per heavy atom. The van der Waals surface area contributed by atoms with E-state index in [2.05, 4.69) is 10.2 Å². The molecular weight excluding hydrogens is 330 g/mol. The molecule has 1 aromatic carbocycles. The third-order valence-corrected chi connectivity index (χ3v) is 5.30. The molecule has 26 heavy (non-hydrogen) atoms. The molecule has 1 amide bonds. The number of benzene rings is 1. The van der Waals surface area contributed by atoms with Crippen LogP contribution in [0, 0.1) is 20.8 Å².